The highest BCUT2D eigenvalue weighted by Crippen LogP contribution is 2.39. The summed E-state index contributed by atoms with van der Waals surface area (Å²) in [5.74, 6) is 0.199. The Bertz CT molecular complexity index is 1870. The summed E-state index contributed by atoms with van der Waals surface area (Å²) in [5.41, 5.74) is 1.80. The molecule has 0 spiro atoms. The lowest BCUT2D eigenvalue weighted by Gasteiger charge is -2.16. The molecular weight excluding hydrogens is 671 g/mol. The molecule has 0 aliphatic carbocycles. The number of imide groups is 1. The Morgan fingerprint density at radius 2 is 1.55 bits per heavy atom. The fraction of sp³-hybridized carbons (Fsp3) is 0.231. The average Bonchev–Trinajstić information content (AvgIpc) is 3.43. The van der Waals surface area contributed by atoms with Crippen molar-refractivity contribution >= 4 is 52.8 Å². The number of hydrogen-bond donors (Lipinski definition) is 2. The highest BCUT2D eigenvalue weighted by Gasteiger charge is 2.40. The Hall–Kier alpha value is -5.75. The molecule has 2 N–H and O–H groups in total. The van der Waals surface area contributed by atoms with Gasteiger partial charge in [0.05, 0.1) is 38.9 Å². The van der Waals surface area contributed by atoms with E-state index < -0.39 is 17.1 Å². The summed E-state index contributed by atoms with van der Waals surface area (Å²) in [6.07, 6.45) is 3.54. The third-order valence-electron chi connectivity index (χ3n) is 7.88. The minimum atomic E-state index is -0.598. The number of carbonyl (C=O) groups excluding carboxylic acids is 4. The van der Waals surface area contributed by atoms with E-state index in [0.717, 1.165) is 17.7 Å². The van der Waals surface area contributed by atoms with Crippen LogP contribution < -0.4 is 34.5 Å². The van der Waals surface area contributed by atoms with Crippen LogP contribution in [-0.2, 0) is 14.4 Å². The van der Waals surface area contributed by atoms with Crippen LogP contribution in [-0.4, -0.2) is 56.8 Å². The number of nitrogens with zero attached hydrogens (tertiary/aromatic N) is 1. The molecule has 1 aliphatic heterocycles. The second kappa shape index (κ2) is 17.3. The van der Waals surface area contributed by atoms with Gasteiger partial charge in [0.1, 0.15) is 11.4 Å². The number of rotatable bonds is 15. The van der Waals surface area contributed by atoms with Crippen molar-refractivity contribution in [2.75, 3.05) is 38.2 Å². The molecule has 264 valence electrons. The van der Waals surface area contributed by atoms with Gasteiger partial charge in [-0.15, -0.1) is 11.8 Å². The van der Waals surface area contributed by atoms with Crippen molar-refractivity contribution in [2.24, 2.45) is 0 Å². The van der Waals surface area contributed by atoms with Gasteiger partial charge in [0.15, 0.2) is 11.5 Å². The first-order chi connectivity index (χ1) is 24.7. The van der Waals surface area contributed by atoms with Crippen LogP contribution in [0.2, 0.25) is 0 Å². The molecule has 11 nitrogen and oxygen atoms in total. The molecular formula is C39H39N3O8S. The van der Waals surface area contributed by atoms with Gasteiger partial charge in [-0.25, -0.2) is 4.90 Å². The van der Waals surface area contributed by atoms with Crippen LogP contribution in [0.1, 0.15) is 42.1 Å². The molecule has 4 aromatic carbocycles. The van der Waals surface area contributed by atoms with Crippen LogP contribution in [0.4, 0.5) is 11.4 Å². The van der Waals surface area contributed by atoms with E-state index >= 15 is 0 Å². The third-order valence-corrected chi connectivity index (χ3v) is 9.08. The van der Waals surface area contributed by atoms with Crippen molar-refractivity contribution in [3.63, 3.8) is 0 Å². The summed E-state index contributed by atoms with van der Waals surface area (Å²) < 4.78 is 22.0. The number of ether oxygens (including phenoxy) is 4. The first-order valence-electron chi connectivity index (χ1n) is 16.3. The van der Waals surface area contributed by atoms with E-state index in [2.05, 4.69) is 17.6 Å². The van der Waals surface area contributed by atoms with Gasteiger partial charge in [0.25, 0.3) is 11.8 Å². The maximum Gasteiger partial charge on any atom is 0.272 e. The Kier molecular flexibility index (Phi) is 12.4. The van der Waals surface area contributed by atoms with Crippen molar-refractivity contribution in [1.29, 1.82) is 0 Å². The topological polar surface area (TPSA) is 132 Å². The number of amides is 4. The molecule has 1 saturated heterocycles. The summed E-state index contributed by atoms with van der Waals surface area (Å²) in [5, 5.41) is 4.95. The van der Waals surface area contributed by atoms with Crippen molar-refractivity contribution in [1.82, 2.24) is 5.32 Å². The fourth-order valence-electron chi connectivity index (χ4n) is 5.27. The lowest BCUT2D eigenvalue weighted by atomic mass is 10.1. The Balaban J connectivity index is 1.29. The zero-order valence-corrected chi connectivity index (χ0v) is 29.6. The summed E-state index contributed by atoms with van der Waals surface area (Å²) in [4.78, 5) is 54.9. The zero-order chi connectivity index (χ0) is 36.3. The molecule has 1 aliphatic rings. The smallest absolute Gasteiger partial charge is 0.272 e. The van der Waals surface area contributed by atoms with Gasteiger partial charge in [-0.05, 0) is 90.9 Å². The SMILES string of the molecule is CCCCOc1ccc(N2C(=O)CC(Sc3ccc(NC(=O)/C(=C/c4cc(OC)c(OC)c(OC)c4)NC(=O)c4ccccc4)cc3)C2=O)cc1. The van der Waals surface area contributed by atoms with E-state index in [4.69, 9.17) is 18.9 Å². The highest BCUT2D eigenvalue weighted by molar-refractivity contribution is 8.00. The van der Waals surface area contributed by atoms with Crippen LogP contribution in [0.25, 0.3) is 6.08 Å². The van der Waals surface area contributed by atoms with Crippen molar-refractivity contribution < 1.29 is 38.1 Å². The number of anilines is 2. The second-order valence-electron chi connectivity index (χ2n) is 11.4. The number of unbranched alkanes of at least 4 members (excludes halogenated alkanes) is 1. The van der Waals surface area contributed by atoms with Crippen LogP contribution in [0.5, 0.6) is 23.0 Å². The van der Waals surface area contributed by atoms with E-state index in [0.29, 0.717) is 52.1 Å². The molecule has 1 fully saturated rings. The van der Waals surface area contributed by atoms with Gasteiger partial charge in [-0.2, -0.15) is 0 Å². The van der Waals surface area contributed by atoms with Gasteiger partial charge in [0.2, 0.25) is 17.6 Å². The average molecular weight is 710 g/mol. The summed E-state index contributed by atoms with van der Waals surface area (Å²) in [6, 6.07) is 25.7. The molecule has 1 heterocycles. The normalized spacial score (nSPS) is 14.2. The van der Waals surface area contributed by atoms with Gasteiger partial charge in [-0.1, -0.05) is 31.5 Å². The first kappa shape index (κ1) is 36.5. The maximum atomic E-state index is 13.6. The number of hydrogen-bond acceptors (Lipinski definition) is 9. The molecule has 1 atom stereocenters. The van der Waals surface area contributed by atoms with E-state index in [1.807, 2.05) is 0 Å². The molecule has 51 heavy (non-hydrogen) atoms. The molecule has 4 aromatic rings. The van der Waals surface area contributed by atoms with E-state index in [1.165, 1.54) is 44.1 Å². The van der Waals surface area contributed by atoms with Gasteiger partial charge in [0, 0.05) is 22.6 Å². The van der Waals surface area contributed by atoms with Gasteiger partial charge in [-0.3, -0.25) is 19.2 Å². The van der Waals surface area contributed by atoms with Crippen LogP contribution in [0, 0.1) is 0 Å². The lowest BCUT2D eigenvalue weighted by Crippen LogP contribution is -2.31. The number of thioether (sulfide) groups is 1. The highest BCUT2D eigenvalue weighted by atomic mass is 32.2. The minimum Gasteiger partial charge on any atom is -0.494 e. The molecule has 1 unspecified atom stereocenters. The summed E-state index contributed by atoms with van der Waals surface area (Å²) in [6.45, 7) is 2.69. The molecule has 0 radical (unpaired) electrons. The molecule has 5 rings (SSSR count). The summed E-state index contributed by atoms with van der Waals surface area (Å²) in [7, 11) is 4.46. The monoisotopic (exact) mass is 709 g/mol. The molecule has 0 aromatic heterocycles. The van der Waals surface area contributed by atoms with Crippen LogP contribution >= 0.6 is 11.8 Å². The van der Waals surface area contributed by atoms with Crippen LogP contribution in [0.15, 0.2) is 102 Å². The zero-order valence-electron chi connectivity index (χ0n) is 28.8. The number of benzene rings is 4. The molecule has 0 saturated carbocycles. The Morgan fingerprint density at radius 3 is 2.16 bits per heavy atom. The van der Waals surface area contributed by atoms with E-state index in [-0.39, 0.29) is 23.9 Å². The predicted molar refractivity (Wildman–Crippen MR) is 197 cm³/mol. The first-order valence-corrected chi connectivity index (χ1v) is 17.2. The fourth-order valence-corrected chi connectivity index (χ4v) is 6.32. The maximum absolute atomic E-state index is 13.6. The molecule has 4 amide bonds. The molecule has 12 heteroatoms. The van der Waals surface area contributed by atoms with E-state index in [9.17, 15) is 19.2 Å². The summed E-state index contributed by atoms with van der Waals surface area (Å²) >= 11 is 1.28. The number of carbonyl (C=O) groups is 4. The van der Waals surface area contributed by atoms with Crippen molar-refractivity contribution in [3.8, 4) is 23.0 Å². The Morgan fingerprint density at radius 1 is 0.882 bits per heavy atom. The van der Waals surface area contributed by atoms with Crippen molar-refractivity contribution in [3.05, 3.63) is 108 Å². The third kappa shape index (κ3) is 9.08. The lowest BCUT2D eigenvalue weighted by molar-refractivity contribution is -0.121. The number of methoxy groups -OCH3 is 3. The predicted octanol–water partition coefficient (Wildman–Crippen LogP) is 6.73. The van der Waals surface area contributed by atoms with Gasteiger partial charge < -0.3 is 29.6 Å². The minimum absolute atomic E-state index is 0.0349. The number of nitrogens with one attached hydrogen (secondary N) is 2. The quantitative estimate of drug-likeness (QED) is 0.0784. The van der Waals surface area contributed by atoms with Crippen molar-refractivity contribution in [2.45, 2.75) is 36.3 Å². The standard InChI is InChI=1S/C39H39N3O8S/c1-5-6-20-50-29-16-14-28(15-17-29)42-35(43)24-34(39(42)46)51-30-18-12-27(13-19-30)40-38(45)31(41-37(44)26-10-8-7-9-11-26)21-25-22-32(47-2)36(49-4)33(23-25)48-3/h7-19,21-23,34H,5-6,20,24H2,1-4H3,(H,40,45)(H,41,44)/b31-21-. The Labute approximate surface area is 300 Å². The van der Waals surface area contributed by atoms with Gasteiger partial charge >= 0.3 is 0 Å². The molecule has 0 bridgehead atoms. The second-order valence-corrected chi connectivity index (χ2v) is 12.7. The van der Waals surface area contributed by atoms with Crippen LogP contribution in [0.3, 0.4) is 0 Å². The van der Waals surface area contributed by atoms with E-state index in [1.54, 1.807) is 91.0 Å². The largest absolute Gasteiger partial charge is 0.494 e.